The molecule has 4 fully saturated rings. The molecule has 514 valence electrons. The van der Waals surface area contributed by atoms with E-state index in [1.165, 1.54) is 11.8 Å². The molecule has 12 rings (SSSR count). The predicted octanol–water partition coefficient (Wildman–Crippen LogP) is 11.3. The summed E-state index contributed by atoms with van der Waals surface area (Å²) in [7, 11) is 0. The fraction of sp³-hybridized carbons (Fsp3) is 0.423. The Kier molecular flexibility index (Phi) is 26.7. The summed E-state index contributed by atoms with van der Waals surface area (Å²) in [6, 6.07) is 34.5. The molecule has 25 heteroatoms. The molecule has 0 aliphatic carbocycles. The molecule has 0 bridgehead atoms. The van der Waals surface area contributed by atoms with Gasteiger partial charge in [0.15, 0.2) is 38.7 Å². The van der Waals surface area contributed by atoms with Crippen molar-refractivity contribution in [2.45, 2.75) is 83.7 Å². The first-order chi connectivity index (χ1) is 45.2. The van der Waals surface area contributed by atoms with Crippen molar-refractivity contribution < 1.29 is 168 Å². The summed E-state index contributed by atoms with van der Waals surface area (Å²) in [6.07, 6.45) is 1.61. The molecule has 1 atom stereocenters. The molecule has 1 unspecified atom stereocenters. The van der Waals surface area contributed by atoms with Crippen LogP contribution in [0.25, 0.3) is 0 Å². The van der Waals surface area contributed by atoms with Gasteiger partial charge in [0.25, 0.3) is 5.79 Å². The third-order valence-electron chi connectivity index (χ3n) is 16.7. The summed E-state index contributed by atoms with van der Waals surface area (Å²) in [5, 5.41) is 0. The molecule has 0 N–H and O–H groups in total. The second kappa shape index (κ2) is 34.4. The van der Waals surface area contributed by atoms with Crippen molar-refractivity contribution in [3.8, 4) is 57.5 Å². The topological polar surface area (TPSA) is 219 Å². The van der Waals surface area contributed by atoms with Crippen LogP contribution in [0.2, 0.25) is 0 Å². The molecular weight excluding hydrogens is 1760 g/mol. The first-order valence-corrected chi connectivity index (χ1v) is 31.0. The molecule has 6 aliphatic heterocycles. The maximum atomic E-state index is 14.2. The molecule has 1 spiro atoms. The number of hydrogen-bond donors (Lipinski definition) is 0. The van der Waals surface area contributed by atoms with Crippen molar-refractivity contribution in [1.29, 1.82) is 0 Å². The van der Waals surface area contributed by atoms with Crippen molar-refractivity contribution in [3.05, 3.63) is 172 Å². The molecular formula is C71H77O22W3-3. The average Bonchev–Trinajstić information content (AvgIpc) is 0.720. The first-order valence-electron chi connectivity index (χ1n) is 31.0. The van der Waals surface area contributed by atoms with Crippen molar-refractivity contribution in [3.63, 3.8) is 0 Å². The second-order valence-electron chi connectivity index (χ2n) is 25.2. The van der Waals surface area contributed by atoms with Crippen molar-refractivity contribution in [2.24, 2.45) is 5.41 Å². The Morgan fingerprint density at radius 1 is 0.448 bits per heavy atom. The van der Waals surface area contributed by atoms with Gasteiger partial charge in [-0.1, -0.05) is 118 Å². The van der Waals surface area contributed by atoms with Crippen molar-refractivity contribution >= 4 is 11.9 Å². The van der Waals surface area contributed by atoms with Crippen LogP contribution < -0.4 is 47.7 Å². The van der Waals surface area contributed by atoms with Gasteiger partial charge >= 0.3 is 11.9 Å². The number of benzene rings is 6. The number of carbonyl (C=O) groups is 2. The molecule has 6 aromatic rings. The SMILES string of the molecule is CCC1(COCOc2ccc(C(=O)Oc3cc4c(cc3OC(=O)c3ccc(OCOC[C-]5COC5)cc3)OC3(CC(C)(C)c5cc(OOCc6ccc(OCOC[C-]7COC7)cc6)c(OOCc6ccc(OCOC[C-]7COC7)cc6)cc5O3)CC4(C)C)cc2)COC1.[W].[W].[W]. The van der Waals surface area contributed by atoms with Crippen LogP contribution in [0, 0.1) is 23.2 Å². The van der Waals surface area contributed by atoms with E-state index in [-0.39, 0.29) is 143 Å². The van der Waals surface area contributed by atoms with E-state index in [9.17, 15) is 9.59 Å². The monoisotopic (exact) mass is 1830 g/mol. The molecule has 0 aromatic heterocycles. The van der Waals surface area contributed by atoms with Gasteiger partial charge in [-0.25, -0.2) is 27.3 Å². The first kappa shape index (κ1) is 74.5. The second-order valence-corrected chi connectivity index (χ2v) is 25.2. The van der Waals surface area contributed by atoms with Gasteiger partial charge in [-0.15, -0.1) is 0 Å². The average molecular weight is 1830 g/mol. The van der Waals surface area contributed by atoms with Crippen LogP contribution in [0.15, 0.2) is 121 Å². The van der Waals surface area contributed by atoms with Gasteiger partial charge < -0.3 is 85.6 Å². The fourth-order valence-corrected chi connectivity index (χ4v) is 11.2. The molecule has 0 saturated carbocycles. The normalized spacial score (nSPS) is 18.6. The summed E-state index contributed by atoms with van der Waals surface area (Å²) in [6.45, 7) is 17.7. The Hall–Kier alpha value is -5.68. The maximum Gasteiger partial charge on any atom is 0.343 e. The van der Waals surface area contributed by atoms with Gasteiger partial charge in [-0.2, -0.15) is 9.78 Å². The zero-order valence-electron chi connectivity index (χ0n) is 54.1. The molecule has 0 radical (unpaired) electrons. The molecule has 6 heterocycles. The van der Waals surface area contributed by atoms with Gasteiger partial charge in [0.1, 0.15) is 47.7 Å². The van der Waals surface area contributed by atoms with Gasteiger partial charge in [-0.3, -0.25) is 0 Å². The van der Waals surface area contributed by atoms with Crippen LogP contribution in [-0.2, 0) is 135 Å². The van der Waals surface area contributed by atoms with Crippen LogP contribution >= 0.6 is 0 Å². The van der Waals surface area contributed by atoms with E-state index >= 15 is 0 Å². The van der Waals surface area contributed by atoms with Crippen LogP contribution in [-0.4, -0.2) is 124 Å². The summed E-state index contributed by atoms with van der Waals surface area (Å²) in [5.74, 6) is 4.10. The molecule has 22 nitrogen and oxygen atoms in total. The maximum absolute atomic E-state index is 14.2. The zero-order chi connectivity index (χ0) is 64.3. The van der Waals surface area contributed by atoms with E-state index in [4.69, 9.17) is 95.3 Å². The third-order valence-corrected chi connectivity index (χ3v) is 16.7. The van der Waals surface area contributed by atoms with Gasteiger partial charge in [0.2, 0.25) is 11.5 Å². The summed E-state index contributed by atoms with van der Waals surface area (Å²) >= 11 is 0. The van der Waals surface area contributed by atoms with Crippen LogP contribution in [0.1, 0.15) is 96.9 Å². The Bertz CT molecular complexity index is 3460. The summed E-state index contributed by atoms with van der Waals surface area (Å²) < 4.78 is 93.2. The molecule has 96 heavy (non-hydrogen) atoms. The number of carbonyl (C=O) groups excluding carboxylic acids is 2. The van der Waals surface area contributed by atoms with Gasteiger partial charge in [0.05, 0.1) is 30.9 Å². The minimum atomic E-state index is -1.31. The van der Waals surface area contributed by atoms with Crippen LogP contribution in [0.4, 0.5) is 0 Å². The van der Waals surface area contributed by atoms with E-state index in [1.807, 2.05) is 54.6 Å². The van der Waals surface area contributed by atoms with E-state index < -0.39 is 28.6 Å². The van der Waals surface area contributed by atoms with Crippen LogP contribution in [0.3, 0.4) is 0 Å². The van der Waals surface area contributed by atoms with Gasteiger partial charge in [0, 0.05) is 116 Å². The molecule has 6 aliphatic rings. The Morgan fingerprint density at radius 2 is 0.802 bits per heavy atom. The third kappa shape index (κ3) is 19.4. The smallest absolute Gasteiger partial charge is 0.343 e. The quantitative estimate of drug-likeness (QED) is 0.00711. The van der Waals surface area contributed by atoms with Gasteiger partial charge in [-0.05, 0) is 102 Å². The Morgan fingerprint density at radius 3 is 1.17 bits per heavy atom. The largest absolute Gasteiger partial charge is 0.468 e. The zero-order valence-corrected chi connectivity index (χ0v) is 62.9. The minimum Gasteiger partial charge on any atom is -0.468 e. The van der Waals surface area contributed by atoms with Crippen molar-refractivity contribution in [1.82, 2.24) is 0 Å². The van der Waals surface area contributed by atoms with Crippen LogP contribution in [0.5, 0.6) is 57.5 Å². The Labute approximate surface area is 601 Å². The fourth-order valence-electron chi connectivity index (χ4n) is 11.2. The minimum absolute atomic E-state index is 0. The number of esters is 2. The predicted molar refractivity (Wildman–Crippen MR) is 330 cm³/mol. The Balaban J connectivity index is 0.00000361. The molecule has 4 saturated heterocycles. The molecule has 0 amide bonds. The van der Waals surface area contributed by atoms with E-state index in [2.05, 4.69) is 34.6 Å². The van der Waals surface area contributed by atoms with Crippen molar-refractivity contribution in [2.75, 3.05) is 106 Å². The summed E-state index contributed by atoms with van der Waals surface area (Å²) in [4.78, 5) is 52.3. The van der Waals surface area contributed by atoms with E-state index in [0.29, 0.717) is 132 Å². The van der Waals surface area contributed by atoms with E-state index in [0.717, 1.165) is 29.0 Å². The number of rotatable bonds is 33. The number of ether oxygens (including phenoxy) is 16. The number of hydrogen-bond acceptors (Lipinski definition) is 22. The molecule has 6 aromatic carbocycles. The summed E-state index contributed by atoms with van der Waals surface area (Å²) in [5.41, 5.74) is 2.13. The van der Waals surface area contributed by atoms with E-state index in [1.54, 1.807) is 66.7 Å². The number of fused-ring (bicyclic) bond motifs is 2. The standard InChI is InChI=1S/C71H77O22.3W/c1-6-70(40-80-41-70)42-81-46-85-57-21-13-52(14-22-57)66(72)88-62-23-58-60(25-63(62)89-67(73)53-11-19-56(20-12-53)84-45-79-35-51-31-76-32-51)90-71(38-68(58,2)3)39-69(4,5)59-24-64(92-86-36-47-7-15-54(16-8-47)82-43-77-33-49-27-74-28-49)65(26-61(59)91-71)93-87-37-48-9-17-55(18-10-48)83-44-78-34-50-29-75-30-50;;;/h7-26H,6,27-46H2,1-5H3;;;/q-3;;;.